The van der Waals surface area contributed by atoms with Crippen LogP contribution < -0.4 is 4.90 Å². The van der Waals surface area contributed by atoms with Crippen LogP contribution in [0.15, 0.2) is 18.2 Å². The minimum absolute atomic E-state index is 0.0322. The van der Waals surface area contributed by atoms with Crippen LogP contribution in [-0.4, -0.2) is 30.0 Å². The summed E-state index contributed by atoms with van der Waals surface area (Å²) in [6, 6.07) is 3.91. The monoisotopic (exact) mass is 324 g/mol. The van der Waals surface area contributed by atoms with Gasteiger partial charge in [-0.25, -0.2) is 0 Å². The Balaban J connectivity index is 2.31. The molecule has 1 fully saturated rings. The van der Waals surface area contributed by atoms with E-state index in [1.165, 1.54) is 6.07 Å². The number of nitriles is 1. The van der Waals surface area contributed by atoms with Crippen molar-refractivity contribution in [1.29, 1.82) is 5.26 Å². The minimum atomic E-state index is -4.83. The molecule has 1 N–H and O–H groups in total. The molecule has 1 unspecified atom stereocenters. The van der Waals surface area contributed by atoms with Crippen molar-refractivity contribution in [2.75, 3.05) is 18.0 Å². The molecule has 0 amide bonds. The lowest BCUT2D eigenvalue weighted by atomic mass is 10.0. The zero-order valence-electron chi connectivity index (χ0n) is 11.0. The molecule has 0 bridgehead atoms. The number of hydrogen-bond donors (Lipinski definition) is 1. The maximum atomic E-state index is 12.7. The first-order chi connectivity index (χ1) is 9.98. The molecule has 3 nitrogen and oxygen atoms in total. The zero-order chi connectivity index (χ0) is 16.8. The Morgan fingerprint density at radius 2 is 1.82 bits per heavy atom. The molecule has 1 atom stereocenters. The van der Waals surface area contributed by atoms with E-state index in [4.69, 9.17) is 5.26 Å². The van der Waals surface area contributed by atoms with Crippen molar-refractivity contribution in [2.24, 2.45) is 0 Å². The van der Waals surface area contributed by atoms with Gasteiger partial charge < -0.3 is 10.0 Å². The maximum Gasteiger partial charge on any atom is 0.418 e. The molecule has 2 rings (SSSR count). The summed E-state index contributed by atoms with van der Waals surface area (Å²) >= 11 is 0. The van der Waals surface area contributed by atoms with Crippen molar-refractivity contribution in [3.05, 3.63) is 29.3 Å². The molecule has 120 valence electrons. The topological polar surface area (TPSA) is 47.3 Å². The molecule has 1 aromatic carbocycles. The van der Waals surface area contributed by atoms with Crippen LogP contribution in [0.3, 0.4) is 0 Å². The minimum Gasteiger partial charge on any atom is -0.379 e. The third kappa shape index (κ3) is 2.83. The van der Waals surface area contributed by atoms with E-state index in [0.717, 1.165) is 17.0 Å². The Hall–Kier alpha value is -1.95. The number of aliphatic hydroxyl groups is 1. The van der Waals surface area contributed by atoms with Gasteiger partial charge in [0.05, 0.1) is 23.7 Å². The second-order valence-electron chi connectivity index (χ2n) is 5.04. The summed E-state index contributed by atoms with van der Waals surface area (Å²) in [6.45, 7) is -0.959. The van der Waals surface area contributed by atoms with Gasteiger partial charge in [0.1, 0.15) is 0 Å². The summed E-state index contributed by atoms with van der Waals surface area (Å²) in [4.78, 5) is 1.11. The number of anilines is 1. The van der Waals surface area contributed by atoms with E-state index in [9.17, 15) is 31.4 Å². The second-order valence-corrected chi connectivity index (χ2v) is 5.04. The standard InChI is InChI=1S/C13H10F6N2O/c14-12(15,16)10-2-1-9(5-8(10)6-20)21-4-3-11(22,7-21)13(17,18)19/h1-2,5,22H,3-4,7H2. The van der Waals surface area contributed by atoms with Gasteiger partial charge in [0, 0.05) is 18.7 Å². The largest absolute Gasteiger partial charge is 0.418 e. The maximum absolute atomic E-state index is 12.7. The van der Waals surface area contributed by atoms with Crippen LogP contribution in [0.5, 0.6) is 0 Å². The van der Waals surface area contributed by atoms with E-state index in [1.807, 2.05) is 0 Å². The molecule has 0 aliphatic carbocycles. The first-order valence-electron chi connectivity index (χ1n) is 6.13. The molecule has 22 heavy (non-hydrogen) atoms. The van der Waals surface area contributed by atoms with E-state index in [2.05, 4.69) is 0 Å². The van der Waals surface area contributed by atoms with Crippen LogP contribution in [0, 0.1) is 11.3 Å². The summed E-state index contributed by atoms with van der Waals surface area (Å²) < 4.78 is 76.2. The van der Waals surface area contributed by atoms with Gasteiger partial charge >= 0.3 is 12.4 Å². The van der Waals surface area contributed by atoms with Gasteiger partial charge in [0.25, 0.3) is 0 Å². The highest BCUT2D eigenvalue weighted by molar-refractivity contribution is 5.56. The van der Waals surface area contributed by atoms with Crippen LogP contribution in [0.4, 0.5) is 32.0 Å². The van der Waals surface area contributed by atoms with Crippen molar-refractivity contribution in [2.45, 2.75) is 24.4 Å². The van der Waals surface area contributed by atoms with Crippen molar-refractivity contribution in [3.8, 4) is 6.07 Å². The van der Waals surface area contributed by atoms with Crippen molar-refractivity contribution >= 4 is 5.69 Å². The fourth-order valence-electron chi connectivity index (χ4n) is 2.31. The lowest BCUT2D eigenvalue weighted by Gasteiger charge is -2.26. The predicted molar refractivity (Wildman–Crippen MR) is 64.0 cm³/mol. The average molecular weight is 324 g/mol. The number of hydrogen-bond acceptors (Lipinski definition) is 3. The first kappa shape index (κ1) is 16.4. The van der Waals surface area contributed by atoms with Crippen molar-refractivity contribution < 1.29 is 31.4 Å². The van der Waals surface area contributed by atoms with Crippen molar-refractivity contribution in [3.63, 3.8) is 0 Å². The van der Waals surface area contributed by atoms with Gasteiger partial charge in [-0.3, -0.25) is 0 Å². The average Bonchev–Trinajstić information content (AvgIpc) is 2.80. The summed E-state index contributed by atoms with van der Waals surface area (Å²) in [6.07, 6.45) is -10.1. The first-order valence-corrected chi connectivity index (χ1v) is 6.13. The van der Waals surface area contributed by atoms with Gasteiger partial charge in [-0.2, -0.15) is 31.6 Å². The summed E-state index contributed by atoms with van der Waals surface area (Å²) in [5, 5.41) is 18.3. The molecule has 1 aliphatic heterocycles. The zero-order valence-corrected chi connectivity index (χ0v) is 11.0. The second kappa shape index (κ2) is 5.05. The Morgan fingerprint density at radius 3 is 2.27 bits per heavy atom. The smallest absolute Gasteiger partial charge is 0.379 e. The molecule has 1 aliphatic rings. The SMILES string of the molecule is N#Cc1cc(N2CCC(O)(C(F)(F)F)C2)ccc1C(F)(F)F. The third-order valence-electron chi connectivity index (χ3n) is 3.57. The number of benzene rings is 1. The molecule has 9 heteroatoms. The number of rotatable bonds is 1. The summed E-state index contributed by atoms with van der Waals surface area (Å²) in [5.74, 6) is 0. The molecular formula is C13H10F6N2O. The number of nitrogens with zero attached hydrogens (tertiary/aromatic N) is 2. The molecule has 1 aromatic rings. The predicted octanol–water partition coefficient (Wildman–Crippen LogP) is 3.08. The molecule has 0 saturated carbocycles. The van der Waals surface area contributed by atoms with Gasteiger partial charge in [-0.15, -0.1) is 0 Å². The summed E-state index contributed by atoms with van der Waals surface area (Å²) in [5.41, 5.74) is -4.69. The normalized spacial score (nSPS) is 22.7. The highest BCUT2D eigenvalue weighted by Gasteiger charge is 2.57. The quantitative estimate of drug-likeness (QED) is 0.808. The molecule has 1 heterocycles. The van der Waals surface area contributed by atoms with Crippen LogP contribution >= 0.6 is 0 Å². The molecular weight excluding hydrogens is 314 g/mol. The van der Waals surface area contributed by atoms with Crippen LogP contribution in [-0.2, 0) is 6.18 Å². The molecule has 1 saturated heterocycles. The van der Waals surface area contributed by atoms with E-state index >= 15 is 0 Å². The Labute approximate surface area is 121 Å². The van der Waals surface area contributed by atoms with E-state index < -0.39 is 42.0 Å². The van der Waals surface area contributed by atoms with E-state index in [0.29, 0.717) is 6.07 Å². The third-order valence-corrected chi connectivity index (χ3v) is 3.57. The molecule has 0 aromatic heterocycles. The van der Waals surface area contributed by atoms with Crippen LogP contribution in [0.1, 0.15) is 17.5 Å². The fourth-order valence-corrected chi connectivity index (χ4v) is 2.31. The van der Waals surface area contributed by atoms with Gasteiger partial charge in [0.2, 0.25) is 0 Å². The molecule has 0 radical (unpaired) electrons. The Kier molecular flexibility index (Phi) is 3.77. The number of alkyl halides is 6. The Bertz CT molecular complexity index is 618. The number of halogens is 6. The van der Waals surface area contributed by atoms with Gasteiger partial charge in [-0.1, -0.05) is 0 Å². The van der Waals surface area contributed by atoms with Crippen LogP contribution in [0.2, 0.25) is 0 Å². The van der Waals surface area contributed by atoms with Gasteiger partial charge in [0.15, 0.2) is 5.60 Å². The van der Waals surface area contributed by atoms with Crippen LogP contribution in [0.25, 0.3) is 0 Å². The Morgan fingerprint density at radius 1 is 1.18 bits per heavy atom. The highest BCUT2D eigenvalue weighted by atomic mass is 19.4. The van der Waals surface area contributed by atoms with Crippen molar-refractivity contribution in [1.82, 2.24) is 0 Å². The van der Waals surface area contributed by atoms with Gasteiger partial charge in [-0.05, 0) is 18.2 Å². The number of β-amino-alcohol motifs (C(OH)–C–C–N with tert-alkyl or cyclic N) is 1. The fraction of sp³-hybridized carbons (Fsp3) is 0.462. The molecule has 0 spiro atoms. The van der Waals surface area contributed by atoms with E-state index in [-0.39, 0.29) is 12.2 Å². The highest BCUT2D eigenvalue weighted by Crippen LogP contribution is 2.40. The lowest BCUT2D eigenvalue weighted by Crippen LogP contribution is -2.47. The van der Waals surface area contributed by atoms with E-state index in [1.54, 1.807) is 0 Å². The summed E-state index contributed by atoms with van der Waals surface area (Å²) in [7, 11) is 0. The lowest BCUT2D eigenvalue weighted by molar-refractivity contribution is -0.250.